The molecule has 332 valence electrons. The molecule has 0 bridgehead atoms. The van der Waals surface area contributed by atoms with Crippen LogP contribution in [0.15, 0.2) is 231 Å². The minimum atomic E-state index is -0.366. The van der Waals surface area contributed by atoms with Gasteiger partial charge >= 0.3 is 0 Å². The van der Waals surface area contributed by atoms with E-state index in [0.717, 1.165) is 23.5 Å². The van der Waals surface area contributed by atoms with Crippen molar-refractivity contribution >= 4 is 17.1 Å². The first-order valence-electron chi connectivity index (χ1n) is 25.0. The van der Waals surface area contributed by atoms with Crippen molar-refractivity contribution in [3.63, 3.8) is 0 Å². The largest absolute Gasteiger partial charge is 0.310 e. The Hall–Kier alpha value is -7.74. The van der Waals surface area contributed by atoms with E-state index >= 15 is 0 Å². The molecule has 4 aliphatic carbocycles. The minimum absolute atomic E-state index is 0.131. The van der Waals surface area contributed by atoms with Crippen molar-refractivity contribution in [2.24, 2.45) is 5.92 Å². The van der Waals surface area contributed by atoms with Crippen molar-refractivity contribution in [1.29, 1.82) is 0 Å². The van der Waals surface area contributed by atoms with Crippen LogP contribution in [0.25, 0.3) is 55.6 Å². The van der Waals surface area contributed by atoms with Crippen LogP contribution >= 0.6 is 0 Å². The van der Waals surface area contributed by atoms with Crippen LogP contribution in [0.2, 0.25) is 0 Å². The SMILES string of the molecule is Cc1ccccc1-c1cccc(-c2ccc(-c3ccc(N(c4ccc5c(c4)C(C)(C)c4ccccc4-5)c4ccc5c(c4)C(c4ccccc4)(C4C=CC=CC4)c4ccccc4-5)cc3)cc2)c1C1CC1. The number of rotatable bonds is 9. The first-order chi connectivity index (χ1) is 33.9. The van der Waals surface area contributed by atoms with Gasteiger partial charge in [0.2, 0.25) is 0 Å². The quantitative estimate of drug-likeness (QED) is 0.140. The third-order valence-corrected chi connectivity index (χ3v) is 16.1. The van der Waals surface area contributed by atoms with Crippen molar-refractivity contribution in [2.45, 2.75) is 56.8 Å². The molecule has 4 aliphatic rings. The highest BCUT2D eigenvalue weighted by Crippen LogP contribution is 2.59. The normalized spacial score (nSPS) is 18.0. The zero-order chi connectivity index (χ0) is 46.3. The van der Waals surface area contributed by atoms with Crippen LogP contribution in [0.5, 0.6) is 0 Å². The van der Waals surface area contributed by atoms with Crippen LogP contribution in [0, 0.1) is 12.8 Å². The Labute approximate surface area is 407 Å². The van der Waals surface area contributed by atoms with Crippen LogP contribution in [0.1, 0.15) is 78.0 Å². The molecule has 0 aromatic heterocycles. The number of hydrogen-bond acceptors (Lipinski definition) is 1. The summed E-state index contributed by atoms with van der Waals surface area (Å²) in [5.74, 6) is 0.869. The number of anilines is 3. The Morgan fingerprint density at radius 2 is 0.957 bits per heavy atom. The Morgan fingerprint density at radius 3 is 1.64 bits per heavy atom. The molecule has 2 unspecified atom stereocenters. The molecule has 0 saturated heterocycles. The average Bonchev–Trinajstić information content (AvgIpc) is 4.17. The van der Waals surface area contributed by atoms with E-state index in [-0.39, 0.29) is 16.7 Å². The van der Waals surface area contributed by atoms with E-state index in [1.165, 1.54) is 107 Å². The van der Waals surface area contributed by atoms with Gasteiger partial charge in [-0.2, -0.15) is 0 Å². The smallest absolute Gasteiger partial charge is 0.0529 e. The van der Waals surface area contributed by atoms with Gasteiger partial charge in [-0.05, 0) is 169 Å². The predicted molar refractivity (Wildman–Crippen MR) is 290 cm³/mol. The van der Waals surface area contributed by atoms with Crippen molar-refractivity contribution in [2.75, 3.05) is 4.90 Å². The molecule has 0 N–H and O–H groups in total. The predicted octanol–water partition coefficient (Wildman–Crippen LogP) is 18.1. The van der Waals surface area contributed by atoms with E-state index in [9.17, 15) is 0 Å². The summed E-state index contributed by atoms with van der Waals surface area (Å²) in [6, 6.07) is 78.2. The van der Waals surface area contributed by atoms with Gasteiger partial charge in [0.1, 0.15) is 0 Å². The molecule has 9 aromatic rings. The fourth-order valence-electron chi connectivity index (χ4n) is 12.6. The maximum Gasteiger partial charge on any atom is 0.0529 e. The van der Waals surface area contributed by atoms with Crippen LogP contribution in [-0.4, -0.2) is 0 Å². The highest BCUT2D eigenvalue weighted by atomic mass is 15.1. The second-order valence-corrected chi connectivity index (χ2v) is 20.3. The lowest BCUT2D eigenvalue weighted by Gasteiger charge is -2.40. The second kappa shape index (κ2) is 16.2. The molecule has 69 heavy (non-hydrogen) atoms. The number of aryl methyl sites for hydroxylation is 1. The van der Waals surface area contributed by atoms with Crippen LogP contribution < -0.4 is 4.90 Å². The summed E-state index contributed by atoms with van der Waals surface area (Å²) in [4.78, 5) is 2.50. The summed E-state index contributed by atoms with van der Waals surface area (Å²) in [6.45, 7) is 7.00. The highest BCUT2D eigenvalue weighted by molar-refractivity contribution is 5.90. The van der Waals surface area contributed by atoms with Crippen LogP contribution in [0.3, 0.4) is 0 Å². The van der Waals surface area contributed by atoms with Crippen molar-refractivity contribution in [3.8, 4) is 55.6 Å². The highest BCUT2D eigenvalue weighted by Gasteiger charge is 2.49. The molecular weight excluding hydrogens is 831 g/mol. The summed E-state index contributed by atoms with van der Waals surface area (Å²) in [5, 5.41) is 0. The van der Waals surface area contributed by atoms with E-state index in [2.05, 4.69) is 256 Å². The van der Waals surface area contributed by atoms with Gasteiger partial charge in [0.15, 0.2) is 0 Å². The Morgan fingerprint density at radius 1 is 0.420 bits per heavy atom. The number of fused-ring (bicyclic) bond motifs is 6. The minimum Gasteiger partial charge on any atom is -0.310 e. The molecule has 0 spiro atoms. The molecule has 0 radical (unpaired) electrons. The van der Waals surface area contributed by atoms with Gasteiger partial charge in [-0.15, -0.1) is 0 Å². The number of benzene rings is 9. The third-order valence-electron chi connectivity index (χ3n) is 16.1. The van der Waals surface area contributed by atoms with Gasteiger partial charge in [0.25, 0.3) is 0 Å². The van der Waals surface area contributed by atoms with Crippen molar-refractivity contribution < 1.29 is 0 Å². The van der Waals surface area contributed by atoms with Crippen molar-refractivity contribution in [1.82, 2.24) is 0 Å². The first-order valence-corrected chi connectivity index (χ1v) is 25.0. The molecule has 0 amide bonds. The molecule has 1 heteroatoms. The Balaban J connectivity index is 0.930. The zero-order valence-electron chi connectivity index (χ0n) is 39.7. The Bertz CT molecular complexity index is 3510. The average molecular weight is 886 g/mol. The molecule has 1 fully saturated rings. The summed E-state index contributed by atoms with van der Waals surface area (Å²) in [6.07, 6.45) is 12.7. The molecule has 13 rings (SSSR count). The van der Waals surface area contributed by atoms with Crippen LogP contribution in [0.4, 0.5) is 17.1 Å². The van der Waals surface area contributed by atoms with Gasteiger partial charge in [0, 0.05) is 22.5 Å². The summed E-state index contributed by atoms with van der Waals surface area (Å²) < 4.78 is 0. The lowest BCUT2D eigenvalue weighted by molar-refractivity contribution is 0.457. The van der Waals surface area contributed by atoms with E-state index in [4.69, 9.17) is 0 Å². The summed E-state index contributed by atoms with van der Waals surface area (Å²) >= 11 is 0. The molecule has 2 atom stereocenters. The number of hydrogen-bond donors (Lipinski definition) is 0. The fraction of sp³-hybridized carbons (Fsp3) is 0.147. The molecular formula is C68H55N. The van der Waals surface area contributed by atoms with E-state index in [1.54, 1.807) is 0 Å². The van der Waals surface area contributed by atoms with Crippen LogP contribution in [-0.2, 0) is 10.8 Å². The topological polar surface area (TPSA) is 3.24 Å². The molecule has 1 saturated carbocycles. The lowest BCUT2D eigenvalue weighted by atomic mass is 9.62. The fourth-order valence-corrected chi connectivity index (χ4v) is 12.6. The van der Waals surface area contributed by atoms with Gasteiger partial charge in [0.05, 0.1) is 5.41 Å². The van der Waals surface area contributed by atoms with E-state index in [1.807, 2.05) is 0 Å². The van der Waals surface area contributed by atoms with Crippen molar-refractivity contribution in [3.05, 3.63) is 270 Å². The molecule has 1 nitrogen and oxygen atoms in total. The number of allylic oxidation sites excluding steroid dienone is 4. The second-order valence-electron chi connectivity index (χ2n) is 20.3. The molecule has 0 aliphatic heterocycles. The molecule has 9 aromatic carbocycles. The third kappa shape index (κ3) is 6.58. The number of nitrogens with zero attached hydrogens (tertiary/aromatic N) is 1. The van der Waals surface area contributed by atoms with E-state index in [0.29, 0.717) is 5.92 Å². The monoisotopic (exact) mass is 885 g/mol. The van der Waals surface area contributed by atoms with E-state index < -0.39 is 0 Å². The maximum atomic E-state index is 2.53. The lowest BCUT2D eigenvalue weighted by Crippen LogP contribution is -2.35. The zero-order valence-corrected chi connectivity index (χ0v) is 39.7. The Kier molecular flexibility index (Phi) is 9.74. The maximum absolute atomic E-state index is 2.53. The standard InChI is InChI=1S/C68H55N/c1-45-17-10-11-22-55(45)61-26-16-25-56(66(61)49-33-34-49)48-31-29-46(30-32-48)47-35-37-52(38-36-47)69(53-39-41-59-57-23-12-14-27-62(57)67(2,3)64(59)43-53)54-40-42-60-58-24-13-15-28-63(58)68(65(60)44-54,50-18-6-4-7-19-50)51-20-8-5-9-21-51/h4-20,22-32,35-44,49,51H,21,33-34H2,1-3H3. The first kappa shape index (κ1) is 41.4. The molecule has 0 heterocycles. The van der Waals surface area contributed by atoms with Gasteiger partial charge in [-0.1, -0.05) is 208 Å². The van der Waals surface area contributed by atoms with Gasteiger partial charge < -0.3 is 4.90 Å². The van der Waals surface area contributed by atoms with Gasteiger partial charge in [-0.25, -0.2) is 0 Å². The summed E-state index contributed by atoms with van der Waals surface area (Å²) in [5.41, 5.74) is 25.7. The van der Waals surface area contributed by atoms with Gasteiger partial charge in [-0.3, -0.25) is 0 Å². The summed E-state index contributed by atoms with van der Waals surface area (Å²) in [7, 11) is 0.